The minimum absolute atomic E-state index is 0.0693. The number of ether oxygens (including phenoxy) is 2. The molecule has 3 aromatic rings. The number of hydrogen-bond acceptors (Lipinski definition) is 6. The number of hydrogen-bond donors (Lipinski definition) is 0. The quantitative estimate of drug-likeness (QED) is 0.593. The van der Waals surface area contributed by atoms with Gasteiger partial charge in [0.05, 0.1) is 5.56 Å². The molecule has 2 aromatic carbocycles. The molecular formula is C21H18F3N3O4. The van der Waals surface area contributed by atoms with Gasteiger partial charge in [-0.05, 0) is 56.2 Å². The largest absolute Gasteiger partial charge is 0.573 e. The monoisotopic (exact) mass is 433 g/mol. The number of rotatable bonds is 4. The van der Waals surface area contributed by atoms with Gasteiger partial charge in [0.1, 0.15) is 18.0 Å². The van der Waals surface area contributed by atoms with E-state index in [1.165, 1.54) is 29.2 Å². The first kappa shape index (κ1) is 20.7. The fourth-order valence-corrected chi connectivity index (χ4v) is 3.33. The van der Waals surface area contributed by atoms with E-state index in [0.29, 0.717) is 28.3 Å². The smallest absolute Gasteiger partial charge is 0.468 e. The van der Waals surface area contributed by atoms with Gasteiger partial charge in [0.25, 0.3) is 5.91 Å². The Morgan fingerprint density at radius 1 is 1.10 bits per heavy atom. The molecule has 1 aliphatic heterocycles. The Bertz CT molecular complexity index is 1120. The van der Waals surface area contributed by atoms with E-state index in [-0.39, 0.29) is 24.1 Å². The normalized spacial score (nSPS) is 15.4. The fraction of sp³-hybridized carbons (Fsp3) is 0.286. The number of amides is 1. The van der Waals surface area contributed by atoms with E-state index >= 15 is 0 Å². The minimum Gasteiger partial charge on any atom is -0.468 e. The first-order valence-electron chi connectivity index (χ1n) is 9.32. The van der Waals surface area contributed by atoms with E-state index in [1.807, 2.05) is 0 Å². The molecule has 1 amide bonds. The van der Waals surface area contributed by atoms with E-state index in [9.17, 15) is 18.0 Å². The lowest BCUT2D eigenvalue weighted by Crippen LogP contribution is -2.54. The molecule has 2 heterocycles. The average Bonchev–Trinajstić information content (AvgIpc) is 3.09. The second kappa shape index (κ2) is 7.29. The fourth-order valence-electron chi connectivity index (χ4n) is 3.33. The van der Waals surface area contributed by atoms with Crippen LogP contribution < -0.4 is 9.47 Å². The van der Waals surface area contributed by atoms with Crippen molar-refractivity contribution in [3.8, 4) is 22.6 Å². The molecule has 31 heavy (non-hydrogen) atoms. The van der Waals surface area contributed by atoms with Crippen LogP contribution in [0.2, 0.25) is 0 Å². The highest BCUT2D eigenvalue weighted by atomic mass is 19.4. The summed E-state index contributed by atoms with van der Waals surface area (Å²) in [7, 11) is 0. The summed E-state index contributed by atoms with van der Waals surface area (Å²) in [5.41, 5.74) is 0.630. The van der Waals surface area contributed by atoms with Crippen LogP contribution in [0, 0.1) is 6.92 Å². The number of alkyl halides is 3. The van der Waals surface area contributed by atoms with Gasteiger partial charge in [-0.2, -0.15) is 4.98 Å². The molecule has 1 aromatic heterocycles. The Labute approximate surface area is 175 Å². The van der Waals surface area contributed by atoms with Gasteiger partial charge in [-0.3, -0.25) is 9.69 Å². The molecule has 0 saturated heterocycles. The summed E-state index contributed by atoms with van der Waals surface area (Å²) >= 11 is 0. The van der Waals surface area contributed by atoms with Crippen molar-refractivity contribution in [2.24, 2.45) is 0 Å². The van der Waals surface area contributed by atoms with Crippen LogP contribution in [0.25, 0.3) is 11.1 Å². The van der Waals surface area contributed by atoms with Crippen LogP contribution in [0.5, 0.6) is 11.5 Å². The predicted octanol–water partition coefficient (Wildman–Crippen LogP) is 4.71. The van der Waals surface area contributed by atoms with Crippen LogP contribution in [-0.2, 0) is 6.54 Å². The number of fused-ring (bicyclic) bond motifs is 1. The van der Waals surface area contributed by atoms with E-state index in [2.05, 4.69) is 14.9 Å². The van der Waals surface area contributed by atoms with E-state index in [0.717, 1.165) is 0 Å². The van der Waals surface area contributed by atoms with Crippen molar-refractivity contribution in [3.63, 3.8) is 0 Å². The second-order valence-corrected chi connectivity index (χ2v) is 7.46. The predicted molar refractivity (Wildman–Crippen MR) is 102 cm³/mol. The average molecular weight is 433 g/mol. The van der Waals surface area contributed by atoms with Gasteiger partial charge in [-0.25, -0.2) is 0 Å². The molecule has 0 fully saturated rings. The molecular weight excluding hydrogens is 415 g/mol. The second-order valence-electron chi connectivity index (χ2n) is 7.46. The Morgan fingerprint density at radius 2 is 1.77 bits per heavy atom. The van der Waals surface area contributed by atoms with Crippen molar-refractivity contribution in [1.82, 2.24) is 15.0 Å². The van der Waals surface area contributed by atoms with Gasteiger partial charge in [-0.15, -0.1) is 13.2 Å². The standard InChI is InChI=1S/C21H18F3N3O4/c1-12-25-18(31-26-12)11-27-19(28)16-10-14(6-9-17(16)30-20(27,2)3)13-4-7-15(8-5-13)29-21(22,23)24/h4-10H,11H2,1-3H3. The first-order valence-corrected chi connectivity index (χ1v) is 9.32. The first-order chi connectivity index (χ1) is 14.5. The maximum absolute atomic E-state index is 13.2. The Hall–Kier alpha value is -3.56. The number of carbonyl (C=O) groups is 1. The van der Waals surface area contributed by atoms with Gasteiger partial charge in [0.2, 0.25) is 5.89 Å². The number of nitrogens with zero attached hydrogens (tertiary/aromatic N) is 3. The molecule has 1 aliphatic rings. The zero-order valence-electron chi connectivity index (χ0n) is 16.9. The maximum atomic E-state index is 13.2. The number of carbonyl (C=O) groups excluding carboxylic acids is 1. The lowest BCUT2D eigenvalue weighted by Gasteiger charge is -2.42. The van der Waals surface area contributed by atoms with Crippen molar-refractivity contribution >= 4 is 5.91 Å². The van der Waals surface area contributed by atoms with Crippen molar-refractivity contribution < 1.29 is 32.0 Å². The topological polar surface area (TPSA) is 77.7 Å². The number of aryl methyl sites for hydroxylation is 1. The molecule has 0 aliphatic carbocycles. The molecule has 10 heteroatoms. The van der Waals surface area contributed by atoms with Crippen molar-refractivity contribution in [2.45, 2.75) is 39.4 Å². The lowest BCUT2D eigenvalue weighted by atomic mass is 9.99. The van der Waals surface area contributed by atoms with Gasteiger partial charge in [0, 0.05) is 0 Å². The summed E-state index contributed by atoms with van der Waals surface area (Å²) in [6, 6.07) is 10.4. The highest BCUT2D eigenvalue weighted by molar-refractivity contribution is 5.99. The van der Waals surface area contributed by atoms with Crippen LogP contribution in [0.4, 0.5) is 13.2 Å². The summed E-state index contributed by atoms with van der Waals surface area (Å²) < 4.78 is 52.1. The third kappa shape index (κ3) is 4.32. The number of halogens is 3. The third-order valence-corrected chi connectivity index (χ3v) is 4.75. The van der Waals surface area contributed by atoms with Crippen LogP contribution in [0.15, 0.2) is 47.0 Å². The van der Waals surface area contributed by atoms with Crippen molar-refractivity contribution in [1.29, 1.82) is 0 Å². The summed E-state index contributed by atoms with van der Waals surface area (Å²) in [5, 5.41) is 3.74. The SMILES string of the molecule is Cc1noc(CN2C(=O)c3cc(-c4ccc(OC(F)(F)F)cc4)ccc3OC2(C)C)n1. The zero-order chi connectivity index (χ0) is 22.4. The summed E-state index contributed by atoms with van der Waals surface area (Å²) in [6.07, 6.45) is -4.76. The summed E-state index contributed by atoms with van der Waals surface area (Å²) in [5.74, 6) is 0.535. The molecule has 0 unspecified atom stereocenters. The molecule has 4 rings (SSSR count). The van der Waals surface area contributed by atoms with E-state index in [1.54, 1.807) is 39.0 Å². The number of aromatic nitrogens is 2. The molecule has 0 bridgehead atoms. The van der Waals surface area contributed by atoms with Crippen LogP contribution in [0.1, 0.15) is 35.9 Å². The summed E-state index contributed by atoms with van der Waals surface area (Å²) in [4.78, 5) is 18.9. The molecule has 162 valence electrons. The van der Waals surface area contributed by atoms with Crippen molar-refractivity contribution in [3.05, 3.63) is 59.7 Å². The van der Waals surface area contributed by atoms with Gasteiger partial charge >= 0.3 is 6.36 Å². The van der Waals surface area contributed by atoms with E-state index < -0.39 is 12.1 Å². The lowest BCUT2D eigenvalue weighted by molar-refractivity contribution is -0.274. The Balaban J connectivity index is 1.63. The third-order valence-electron chi connectivity index (χ3n) is 4.75. The highest BCUT2D eigenvalue weighted by Gasteiger charge is 2.41. The Kier molecular flexibility index (Phi) is 4.87. The van der Waals surface area contributed by atoms with Crippen molar-refractivity contribution in [2.75, 3.05) is 0 Å². The molecule has 0 atom stereocenters. The zero-order valence-corrected chi connectivity index (χ0v) is 16.9. The van der Waals surface area contributed by atoms with E-state index in [4.69, 9.17) is 9.26 Å². The van der Waals surface area contributed by atoms with Gasteiger partial charge in [0.15, 0.2) is 11.5 Å². The molecule has 7 nitrogen and oxygen atoms in total. The molecule has 0 radical (unpaired) electrons. The number of benzene rings is 2. The molecule has 0 spiro atoms. The van der Waals surface area contributed by atoms with Crippen LogP contribution in [0.3, 0.4) is 0 Å². The molecule has 0 saturated carbocycles. The molecule has 0 N–H and O–H groups in total. The minimum atomic E-state index is -4.76. The van der Waals surface area contributed by atoms with Gasteiger partial charge < -0.3 is 14.0 Å². The van der Waals surface area contributed by atoms with Gasteiger partial charge in [-0.1, -0.05) is 23.4 Å². The van der Waals surface area contributed by atoms with Crippen LogP contribution >= 0.6 is 0 Å². The highest BCUT2D eigenvalue weighted by Crippen LogP contribution is 2.37. The van der Waals surface area contributed by atoms with Crippen LogP contribution in [-0.4, -0.2) is 33.0 Å². The Morgan fingerprint density at radius 3 is 2.39 bits per heavy atom. The maximum Gasteiger partial charge on any atom is 0.573 e. The summed E-state index contributed by atoms with van der Waals surface area (Å²) in [6.45, 7) is 5.26.